The van der Waals surface area contributed by atoms with Crippen LogP contribution in [0.15, 0.2) is 164 Å². The van der Waals surface area contributed by atoms with Crippen LogP contribution in [0.5, 0.6) is 0 Å². The number of halogens is 3. The van der Waals surface area contributed by atoms with Gasteiger partial charge in [0.15, 0.2) is 0 Å². The Morgan fingerprint density at radius 2 is 0.839 bits per heavy atom. The topological polar surface area (TPSA) is 105 Å². The summed E-state index contributed by atoms with van der Waals surface area (Å²) in [6.07, 6.45) is -4.66. The van der Waals surface area contributed by atoms with Gasteiger partial charge in [-0.1, -0.05) is 78.9 Å². The maximum absolute atomic E-state index is 14.0. The van der Waals surface area contributed by atoms with Crippen LogP contribution in [0.2, 0.25) is 0 Å². The number of hydrogen-bond acceptors (Lipinski definition) is 4. The molecule has 9 heteroatoms. The molecule has 0 fully saturated rings. The van der Waals surface area contributed by atoms with Crippen LogP contribution in [0.1, 0.15) is 27.8 Å². The van der Waals surface area contributed by atoms with Crippen molar-refractivity contribution < 1.29 is 13.2 Å². The highest BCUT2D eigenvalue weighted by Gasteiger charge is 2.31. The molecule has 0 radical (unpaired) electrons. The lowest BCUT2D eigenvalue weighted by Gasteiger charge is -2.19. The molecule has 0 saturated heterocycles. The van der Waals surface area contributed by atoms with E-state index < -0.39 is 11.7 Å². The fraction of sp³-hybridized carbons (Fsp3) is 0.0189. The molecule has 290 valence electrons. The molecule has 0 aliphatic rings. The van der Waals surface area contributed by atoms with Crippen LogP contribution >= 0.6 is 0 Å². The van der Waals surface area contributed by atoms with Gasteiger partial charge in [0.2, 0.25) is 0 Å². The summed E-state index contributed by atoms with van der Waals surface area (Å²) in [5, 5.41) is 44.1. The van der Waals surface area contributed by atoms with E-state index in [1.54, 1.807) is 36.4 Å². The third kappa shape index (κ3) is 6.01. The Morgan fingerprint density at radius 1 is 0.387 bits per heavy atom. The lowest BCUT2D eigenvalue weighted by molar-refractivity contribution is -0.137. The van der Waals surface area contributed by atoms with Crippen molar-refractivity contribution in [2.24, 2.45) is 0 Å². The summed E-state index contributed by atoms with van der Waals surface area (Å²) in [4.78, 5) is 0. The number of nitriles is 4. The standard InChI is InChI=1S/C53H27F3N6/c54-53(55,56)40-19-20-41(39(23-40)30-59)38-26-51(61-47-7-3-1-5-42(47)44-24-36(17-21-49(44)61)34-13-9-32(28-57)10-14-34)46(31-60)52(27-38)62-48-8-4-2-6-43(48)45-25-37(18-22-50(45)62)35-15-11-33(29-58)12-16-35/h1-27H. The fourth-order valence-corrected chi connectivity index (χ4v) is 8.60. The third-order valence-electron chi connectivity index (χ3n) is 11.5. The molecule has 2 aromatic heterocycles. The van der Waals surface area contributed by atoms with Crippen molar-refractivity contribution in [1.82, 2.24) is 9.13 Å². The van der Waals surface area contributed by atoms with Crippen molar-refractivity contribution in [1.29, 1.82) is 21.0 Å². The number of aromatic nitrogens is 2. The van der Waals surface area contributed by atoms with E-state index >= 15 is 0 Å². The molecule has 10 aromatic rings. The molecule has 0 unspecified atom stereocenters. The van der Waals surface area contributed by atoms with E-state index in [0.29, 0.717) is 33.6 Å². The summed E-state index contributed by atoms with van der Waals surface area (Å²) in [5.41, 5.74) is 8.81. The van der Waals surface area contributed by atoms with Gasteiger partial charge in [-0.15, -0.1) is 0 Å². The van der Waals surface area contributed by atoms with Crippen LogP contribution in [0.4, 0.5) is 13.2 Å². The van der Waals surface area contributed by atoms with Gasteiger partial charge in [-0.3, -0.25) is 0 Å². The van der Waals surface area contributed by atoms with Gasteiger partial charge in [0.1, 0.15) is 11.6 Å². The molecule has 0 amide bonds. The van der Waals surface area contributed by atoms with Crippen LogP contribution in [0.3, 0.4) is 0 Å². The van der Waals surface area contributed by atoms with Crippen LogP contribution in [-0.2, 0) is 6.18 Å². The van der Waals surface area contributed by atoms with Gasteiger partial charge in [0.25, 0.3) is 0 Å². The van der Waals surface area contributed by atoms with Crippen LogP contribution in [-0.4, -0.2) is 9.13 Å². The zero-order valence-corrected chi connectivity index (χ0v) is 32.4. The largest absolute Gasteiger partial charge is 0.416 e. The Bertz CT molecular complexity index is 3460. The van der Waals surface area contributed by atoms with E-state index in [9.17, 15) is 34.2 Å². The van der Waals surface area contributed by atoms with E-state index in [1.165, 1.54) is 6.07 Å². The van der Waals surface area contributed by atoms with E-state index in [-0.39, 0.29) is 11.1 Å². The SMILES string of the molecule is N#Cc1ccc(-c2ccc3c(c2)c2ccccc2n3-c2cc(-c3ccc(C(F)(F)F)cc3C#N)cc(-n3c4ccccc4c4cc(-c5ccc(C#N)cc5)ccc43)c2C#N)cc1. The molecule has 0 bridgehead atoms. The molecular weight excluding hydrogens is 778 g/mol. The zero-order valence-electron chi connectivity index (χ0n) is 32.4. The van der Waals surface area contributed by atoms with Crippen molar-refractivity contribution >= 4 is 43.6 Å². The maximum Gasteiger partial charge on any atom is 0.416 e. The van der Waals surface area contributed by atoms with Crippen molar-refractivity contribution in [3.05, 3.63) is 192 Å². The first-order chi connectivity index (χ1) is 30.2. The average molecular weight is 805 g/mol. The Labute approximate surface area is 352 Å². The Hall–Kier alpha value is -8.89. The fourth-order valence-electron chi connectivity index (χ4n) is 8.60. The summed E-state index contributed by atoms with van der Waals surface area (Å²) in [6.45, 7) is 0. The minimum absolute atomic E-state index is 0.162. The number of hydrogen-bond donors (Lipinski definition) is 0. The zero-order chi connectivity index (χ0) is 42.7. The first-order valence-corrected chi connectivity index (χ1v) is 19.5. The Morgan fingerprint density at radius 3 is 1.27 bits per heavy atom. The van der Waals surface area contributed by atoms with Crippen LogP contribution in [0.25, 0.3) is 88.4 Å². The highest BCUT2D eigenvalue weighted by atomic mass is 19.4. The minimum atomic E-state index is -4.66. The predicted octanol–water partition coefficient (Wildman–Crippen LogP) is 13.4. The third-order valence-corrected chi connectivity index (χ3v) is 11.5. The molecule has 8 aromatic carbocycles. The van der Waals surface area contributed by atoms with Gasteiger partial charge >= 0.3 is 6.18 Å². The maximum atomic E-state index is 14.0. The van der Waals surface area contributed by atoms with Crippen LogP contribution in [0, 0.1) is 45.3 Å². The van der Waals surface area contributed by atoms with Gasteiger partial charge in [0, 0.05) is 21.5 Å². The second-order valence-corrected chi connectivity index (χ2v) is 14.9. The van der Waals surface area contributed by atoms with Gasteiger partial charge in [-0.05, 0) is 118 Å². The average Bonchev–Trinajstić information content (AvgIpc) is 3.82. The van der Waals surface area contributed by atoms with Crippen molar-refractivity contribution in [3.63, 3.8) is 0 Å². The number of nitrogens with zero attached hydrogens (tertiary/aromatic N) is 6. The van der Waals surface area contributed by atoms with Gasteiger partial charge < -0.3 is 9.13 Å². The number of alkyl halides is 3. The molecular formula is C53H27F3N6. The minimum Gasteiger partial charge on any atom is -0.308 e. The first kappa shape index (κ1) is 37.4. The number of rotatable bonds is 5. The van der Waals surface area contributed by atoms with Crippen molar-refractivity contribution in [2.45, 2.75) is 6.18 Å². The lowest BCUT2D eigenvalue weighted by Crippen LogP contribution is -2.07. The molecule has 0 atom stereocenters. The smallest absolute Gasteiger partial charge is 0.308 e. The molecule has 62 heavy (non-hydrogen) atoms. The summed E-state index contributed by atoms with van der Waals surface area (Å²) < 4.78 is 46.0. The Kier molecular flexibility index (Phi) is 8.70. The second-order valence-electron chi connectivity index (χ2n) is 14.9. The monoisotopic (exact) mass is 804 g/mol. The predicted molar refractivity (Wildman–Crippen MR) is 235 cm³/mol. The van der Waals surface area contributed by atoms with Crippen LogP contribution < -0.4 is 0 Å². The number of benzene rings is 8. The Balaban J connectivity index is 1.29. The molecule has 2 heterocycles. The molecule has 10 rings (SSSR count). The second kappa shape index (κ2) is 14.4. The quantitative estimate of drug-likeness (QED) is 0.173. The van der Waals surface area contributed by atoms with Gasteiger partial charge in [0.05, 0.1) is 73.9 Å². The van der Waals surface area contributed by atoms with E-state index in [4.69, 9.17) is 0 Å². The summed E-state index contributed by atoms with van der Waals surface area (Å²) in [6, 6.07) is 58.0. The summed E-state index contributed by atoms with van der Waals surface area (Å²) in [5.74, 6) is 0. The highest BCUT2D eigenvalue weighted by molar-refractivity contribution is 6.12. The molecule has 0 spiro atoms. The molecule has 6 nitrogen and oxygen atoms in total. The van der Waals surface area contributed by atoms with Crippen molar-refractivity contribution in [2.75, 3.05) is 0 Å². The summed E-state index contributed by atoms with van der Waals surface area (Å²) >= 11 is 0. The molecule has 0 aliphatic carbocycles. The number of fused-ring (bicyclic) bond motifs is 6. The van der Waals surface area contributed by atoms with Gasteiger partial charge in [-0.2, -0.15) is 34.2 Å². The lowest BCUT2D eigenvalue weighted by atomic mass is 9.95. The van der Waals surface area contributed by atoms with E-state index in [0.717, 1.165) is 78.0 Å². The normalized spacial score (nSPS) is 11.4. The molecule has 0 saturated carbocycles. The first-order valence-electron chi connectivity index (χ1n) is 19.5. The van der Waals surface area contributed by atoms with Crippen molar-refractivity contribution in [3.8, 4) is 69.0 Å². The highest BCUT2D eigenvalue weighted by Crippen LogP contribution is 2.43. The number of para-hydroxylation sites is 2. The van der Waals surface area contributed by atoms with E-state index in [1.807, 2.05) is 112 Å². The summed E-state index contributed by atoms with van der Waals surface area (Å²) in [7, 11) is 0. The molecule has 0 N–H and O–H groups in total. The van der Waals surface area contributed by atoms with Gasteiger partial charge in [-0.25, -0.2) is 0 Å². The van der Waals surface area contributed by atoms with E-state index in [2.05, 4.69) is 30.3 Å². The molecule has 0 aliphatic heterocycles.